The number of carbonyl (C=O) groups excluding carboxylic acids is 1. The van der Waals surface area contributed by atoms with Crippen molar-refractivity contribution < 1.29 is 14.6 Å². The molecule has 0 saturated heterocycles. The van der Waals surface area contributed by atoms with E-state index in [0.717, 1.165) is 11.1 Å². The summed E-state index contributed by atoms with van der Waals surface area (Å²) in [5, 5.41) is 14.1. The van der Waals surface area contributed by atoms with Crippen molar-refractivity contribution >= 4 is 5.97 Å². The van der Waals surface area contributed by atoms with E-state index in [4.69, 9.17) is 4.74 Å². The molecule has 2 aromatic carbocycles. The molecule has 0 fully saturated rings. The van der Waals surface area contributed by atoms with Gasteiger partial charge in [-0.1, -0.05) is 60.7 Å². The van der Waals surface area contributed by atoms with Gasteiger partial charge in [-0.05, 0) is 25.0 Å². The van der Waals surface area contributed by atoms with E-state index in [1.54, 1.807) is 0 Å². The van der Waals surface area contributed by atoms with Crippen LogP contribution in [0.3, 0.4) is 0 Å². The van der Waals surface area contributed by atoms with E-state index >= 15 is 0 Å². The van der Waals surface area contributed by atoms with Crippen LogP contribution < -0.4 is 5.32 Å². The molecular weight excluding hydrogens is 290 g/mol. The molecule has 4 nitrogen and oxygen atoms in total. The van der Waals surface area contributed by atoms with Gasteiger partial charge in [0.2, 0.25) is 0 Å². The van der Waals surface area contributed by atoms with Gasteiger partial charge in [-0.25, -0.2) is 4.79 Å². The van der Waals surface area contributed by atoms with Crippen molar-refractivity contribution in [2.75, 3.05) is 7.11 Å². The summed E-state index contributed by atoms with van der Waals surface area (Å²) in [6, 6.07) is 18.7. The van der Waals surface area contributed by atoms with Crippen LogP contribution >= 0.6 is 0 Å². The molecule has 4 heteroatoms. The van der Waals surface area contributed by atoms with Crippen molar-refractivity contribution in [3.63, 3.8) is 0 Å². The van der Waals surface area contributed by atoms with Gasteiger partial charge in [0.1, 0.15) is 0 Å². The van der Waals surface area contributed by atoms with E-state index in [9.17, 15) is 9.90 Å². The van der Waals surface area contributed by atoms with Gasteiger partial charge in [0, 0.05) is 6.04 Å². The van der Waals surface area contributed by atoms with Crippen LogP contribution in [-0.4, -0.2) is 23.8 Å². The molecule has 3 atom stereocenters. The minimum absolute atomic E-state index is 0.0439. The van der Waals surface area contributed by atoms with Crippen LogP contribution in [0.4, 0.5) is 0 Å². The predicted octanol–water partition coefficient (Wildman–Crippen LogP) is 3.00. The Balaban J connectivity index is 2.33. The molecule has 2 N–H and O–H groups in total. The van der Waals surface area contributed by atoms with E-state index in [0.29, 0.717) is 0 Å². The molecule has 0 spiro atoms. The first kappa shape index (κ1) is 17.2. The fourth-order valence-electron chi connectivity index (χ4n) is 2.64. The molecule has 0 heterocycles. The van der Waals surface area contributed by atoms with Crippen LogP contribution in [-0.2, 0) is 9.53 Å². The summed E-state index contributed by atoms with van der Waals surface area (Å²) in [7, 11) is 1.28. The average Bonchev–Trinajstić information content (AvgIpc) is 2.60. The normalized spacial score (nSPS) is 16.2. The zero-order valence-electron chi connectivity index (χ0n) is 13.7. The molecule has 122 valence electrons. The quantitative estimate of drug-likeness (QED) is 0.805. The second-order valence-electron chi connectivity index (χ2n) is 5.78. The molecule has 23 heavy (non-hydrogen) atoms. The lowest BCUT2D eigenvalue weighted by Gasteiger charge is -2.34. The van der Waals surface area contributed by atoms with Crippen LogP contribution in [0.25, 0.3) is 0 Å². The summed E-state index contributed by atoms with van der Waals surface area (Å²) in [4.78, 5) is 12.1. The first-order chi connectivity index (χ1) is 11.0. The summed E-state index contributed by atoms with van der Waals surface area (Å²) >= 11 is 0. The van der Waals surface area contributed by atoms with Gasteiger partial charge in [-0.15, -0.1) is 0 Å². The van der Waals surface area contributed by atoms with Crippen molar-refractivity contribution in [3.05, 3.63) is 71.8 Å². The maximum Gasteiger partial charge on any atom is 0.339 e. The number of hydrogen-bond acceptors (Lipinski definition) is 4. The monoisotopic (exact) mass is 313 g/mol. The van der Waals surface area contributed by atoms with E-state index in [-0.39, 0.29) is 6.04 Å². The Morgan fingerprint density at radius 3 is 2.00 bits per heavy atom. The minimum Gasteiger partial charge on any atom is -0.467 e. The maximum atomic E-state index is 12.1. The topological polar surface area (TPSA) is 58.6 Å². The van der Waals surface area contributed by atoms with Crippen molar-refractivity contribution in [1.29, 1.82) is 0 Å². The molecule has 0 bridgehead atoms. The Morgan fingerprint density at radius 2 is 1.52 bits per heavy atom. The van der Waals surface area contributed by atoms with Gasteiger partial charge in [0.15, 0.2) is 5.60 Å². The van der Waals surface area contributed by atoms with Gasteiger partial charge < -0.3 is 15.2 Å². The second kappa shape index (κ2) is 7.40. The Kier molecular flexibility index (Phi) is 5.53. The highest BCUT2D eigenvalue weighted by atomic mass is 16.5. The lowest BCUT2D eigenvalue weighted by molar-refractivity contribution is -0.164. The number of aliphatic hydroxyl groups is 1. The molecule has 0 aromatic heterocycles. The molecule has 0 radical (unpaired) electrons. The number of rotatable bonds is 6. The van der Waals surface area contributed by atoms with Crippen LogP contribution in [0.1, 0.15) is 37.1 Å². The minimum atomic E-state index is -1.68. The van der Waals surface area contributed by atoms with E-state index in [1.165, 1.54) is 14.0 Å². The van der Waals surface area contributed by atoms with Gasteiger partial charge in [-0.2, -0.15) is 0 Å². The molecule has 0 aliphatic heterocycles. The van der Waals surface area contributed by atoms with Crippen LogP contribution in [0.15, 0.2) is 60.7 Å². The summed E-state index contributed by atoms with van der Waals surface area (Å²) < 4.78 is 4.78. The van der Waals surface area contributed by atoms with E-state index < -0.39 is 17.6 Å². The average molecular weight is 313 g/mol. The Labute approximate surface area is 137 Å². The third-order valence-electron chi connectivity index (χ3n) is 4.01. The fourth-order valence-corrected chi connectivity index (χ4v) is 2.64. The van der Waals surface area contributed by atoms with E-state index in [2.05, 4.69) is 5.32 Å². The van der Waals surface area contributed by atoms with Crippen molar-refractivity contribution in [2.24, 2.45) is 0 Å². The third-order valence-corrected chi connectivity index (χ3v) is 4.01. The van der Waals surface area contributed by atoms with Gasteiger partial charge in [0.05, 0.1) is 13.2 Å². The zero-order valence-corrected chi connectivity index (χ0v) is 13.7. The first-order valence-electron chi connectivity index (χ1n) is 7.63. The molecule has 0 amide bonds. The van der Waals surface area contributed by atoms with Gasteiger partial charge in [-0.3, -0.25) is 0 Å². The van der Waals surface area contributed by atoms with Gasteiger partial charge in [0.25, 0.3) is 0 Å². The number of carbonyl (C=O) groups is 1. The number of esters is 1. The molecule has 2 rings (SSSR count). The summed E-state index contributed by atoms with van der Waals surface area (Å²) in [5.41, 5.74) is 0.221. The SMILES string of the molecule is COC(=O)[C@](C)(O)[C@@H](NC(C)c1ccccc1)c1ccccc1. The van der Waals surface area contributed by atoms with Crippen LogP contribution in [0.5, 0.6) is 0 Å². The van der Waals surface area contributed by atoms with Crippen molar-refractivity contribution in [1.82, 2.24) is 5.32 Å². The number of benzene rings is 2. The number of ether oxygens (including phenoxy) is 1. The summed E-state index contributed by atoms with van der Waals surface area (Å²) in [5.74, 6) is -0.667. The lowest BCUT2D eigenvalue weighted by Crippen LogP contribution is -2.49. The highest BCUT2D eigenvalue weighted by molar-refractivity contribution is 5.80. The van der Waals surface area contributed by atoms with Crippen molar-refractivity contribution in [2.45, 2.75) is 31.5 Å². The molecule has 1 unspecified atom stereocenters. The highest BCUT2D eigenvalue weighted by Crippen LogP contribution is 2.30. The maximum absolute atomic E-state index is 12.1. The third kappa shape index (κ3) is 3.97. The Bertz CT molecular complexity index is 626. The van der Waals surface area contributed by atoms with Crippen molar-refractivity contribution in [3.8, 4) is 0 Å². The molecular formula is C19H23NO3. The fraction of sp³-hybridized carbons (Fsp3) is 0.316. The zero-order chi connectivity index (χ0) is 16.9. The number of hydrogen-bond donors (Lipinski definition) is 2. The Morgan fingerprint density at radius 1 is 1.04 bits per heavy atom. The smallest absolute Gasteiger partial charge is 0.339 e. The molecule has 2 aromatic rings. The number of methoxy groups -OCH3 is 1. The highest BCUT2D eigenvalue weighted by Gasteiger charge is 2.42. The largest absolute Gasteiger partial charge is 0.467 e. The molecule has 0 aliphatic rings. The summed E-state index contributed by atoms with van der Waals surface area (Å²) in [6.45, 7) is 3.47. The molecule has 0 aliphatic carbocycles. The number of nitrogens with one attached hydrogen (secondary N) is 1. The second-order valence-corrected chi connectivity index (χ2v) is 5.78. The molecule has 0 saturated carbocycles. The van der Waals surface area contributed by atoms with Crippen LogP contribution in [0, 0.1) is 0 Å². The predicted molar refractivity (Wildman–Crippen MR) is 89.8 cm³/mol. The van der Waals surface area contributed by atoms with Crippen LogP contribution in [0.2, 0.25) is 0 Å². The lowest BCUT2D eigenvalue weighted by atomic mass is 9.89. The Hall–Kier alpha value is -2.17. The van der Waals surface area contributed by atoms with Gasteiger partial charge >= 0.3 is 5.97 Å². The standard InChI is InChI=1S/C19H23NO3/c1-14(15-10-6-4-7-11-15)20-17(16-12-8-5-9-13-16)19(2,22)18(21)23-3/h4-14,17,20,22H,1-3H3/t14?,17-,19+/m0/s1. The van der Waals surface area contributed by atoms with E-state index in [1.807, 2.05) is 67.6 Å². The first-order valence-corrected chi connectivity index (χ1v) is 7.63. The summed E-state index contributed by atoms with van der Waals surface area (Å²) in [6.07, 6.45) is 0.